The van der Waals surface area contributed by atoms with E-state index in [1.165, 1.54) is 12.1 Å². The third-order valence-electron chi connectivity index (χ3n) is 4.24. The standard InChI is InChI=1S/C22H21N3O4/c1-16(22(26)24-20-9-5-6-10-21(20)25(27)28)23-18-11-13-19(14-12-18)29-15-17-7-3-2-4-8-17/h2-14,16,23H,15H2,1H3,(H,24,26)/t16-/m0/s1. The van der Waals surface area contributed by atoms with Crippen molar-refractivity contribution in [2.75, 3.05) is 10.6 Å². The Hall–Kier alpha value is -3.87. The van der Waals surface area contributed by atoms with Gasteiger partial charge in [0.1, 0.15) is 24.1 Å². The normalized spacial score (nSPS) is 11.3. The summed E-state index contributed by atoms with van der Waals surface area (Å²) < 4.78 is 5.74. The predicted molar refractivity (Wildman–Crippen MR) is 112 cm³/mol. The molecule has 3 rings (SSSR count). The van der Waals surface area contributed by atoms with E-state index >= 15 is 0 Å². The molecule has 0 spiro atoms. The van der Waals surface area contributed by atoms with E-state index in [9.17, 15) is 14.9 Å². The minimum absolute atomic E-state index is 0.145. The SMILES string of the molecule is C[C@H](Nc1ccc(OCc2ccccc2)cc1)C(=O)Nc1ccccc1[N+](=O)[O-]. The summed E-state index contributed by atoms with van der Waals surface area (Å²) in [5.74, 6) is 0.347. The fourth-order valence-electron chi connectivity index (χ4n) is 2.68. The molecule has 1 atom stereocenters. The van der Waals surface area contributed by atoms with Gasteiger partial charge in [0.05, 0.1) is 4.92 Å². The van der Waals surface area contributed by atoms with E-state index in [2.05, 4.69) is 10.6 Å². The summed E-state index contributed by atoms with van der Waals surface area (Å²) in [7, 11) is 0. The molecule has 7 nitrogen and oxygen atoms in total. The second-order valence-electron chi connectivity index (χ2n) is 6.43. The summed E-state index contributed by atoms with van der Waals surface area (Å²) in [5, 5.41) is 16.7. The summed E-state index contributed by atoms with van der Waals surface area (Å²) >= 11 is 0. The third kappa shape index (κ3) is 5.55. The fraction of sp³-hybridized carbons (Fsp3) is 0.136. The van der Waals surface area contributed by atoms with Crippen molar-refractivity contribution in [3.63, 3.8) is 0 Å². The Balaban J connectivity index is 1.55. The van der Waals surface area contributed by atoms with Crippen LogP contribution in [0.25, 0.3) is 0 Å². The number of nitrogens with zero attached hydrogens (tertiary/aromatic N) is 1. The average Bonchev–Trinajstić information content (AvgIpc) is 2.74. The Kier molecular flexibility index (Phi) is 6.42. The number of hydrogen-bond acceptors (Lipinski definition) is 5. The summed E-state index contributed by atoms with van der Waals surface area (Å²) in [6, 6.07) is 22.6. The molecule has 0 aliphatic heterocycles. The molecule has 0 bridgehead atoms. The fourth-order valence-corrected chi connectivity index (χ4v) is 2.68. The minimum atomic E-state index is -0.592. The molecule has 0 aliphatic carbocycles. The van der Waals surface area contributed by atoms with Crippen LogP contribution in [0.2, 0.25) is 0 Å². The van der Waals surface area contributed by atoms with Crippen LogP contribution in [0.3, 0.4) is 0 Å². The molecule has 0 fully saturated rings. The quantitative estimate of drug-likeness (QED) is 0.432. The lowest BCUT2D eigenvalue weighted by atomic mass is 10.2. The van der Waals surface area contributed by atoms with E-state index in [1.54, 1.807) is 19.1 Å². The number of nitrogens with one attached hydrogen (secondary N) is 2. The summed E-state index contributed by atoms with van der Waals surface area (Å²) in [6.45, 7) is 2.16. The third-order valence-corrected chi connectivity index (χ3v) is 4.24. The van der Waals surface area contributed by atoms with Crippen LogP contribution in [0, 0.1) is 10.1 Å². The van der Waals surface area contributed by atoms with Crippen LogP contribution < -0.4 is 15.4 Å². The van der Waals surface area contributed by atoms with Crippen molar-refractivity contribution in [2.24, 2.45) is 0 Å². The van der Waals surface area contributed by atoms with E-state index in [0.717, 1.165) is 17.0 Å². The van der Waals surface area contributed by atoms with Crippen LogP contribution in [-0.4, -0.2) is 16.9 Å². The maximum Gasteiger partial charge on any atom is 0.292 e. The van der Waals surface area contributed by atoms with Crippen LogP contribution in [0.1, 0.15) is 12.5 Å². The van der Waals surface area contributed by atoms with Gasteiger partial charge in [0.2, 0.25) is 5.91 Å². The summed E-state index contributed by atoms with van der Waals surface area (Å²) in [4.78, 5) is 22.9. The van der Waals surface area contributed by atoms with Crippen LogP contribution in [0.4, 0.5) is 17.1 Å². The second-order valence-corrected chi connectivity index (χ2v) is 6.43. The number of amides is 1. The van der Waals surface area contributed by atoms with Gasteiger partial charge in [-0.25, -0.2) is 0 Å². The number of ether oxygens (including phenoxy) is 1. The van der Waals surface area contributed by atoms with Crippen molar-refractivity contribution < 1.29 is 14.5 Å². The van der Waals surface area contributed by atoms with Crippen LogP contribution in [-0.2, 0) is 11.4 Å². The van der Waals surface area contributed by atoms with Gasteiger partial charge in [-0.05, 0) is 42.8 Å². The number of anilines is 2. The topological polar surface area (TPSA) is 93.5 Å². The number of carbonyl (C=O) groups excluding carboxylic acids is 1. The zero-order chi connectivity index (χ0) is 20.6. The first-order valence-corrected chi connectivity index (χ1v) is 9.10. The van der Waals surface area contributed by atoms with Gasteiger partial charge in [-0.15, -0.1) is 0 Å². The lowest BCUT2D eigenvalue weighted by Gasteiger charge is -2.16. The summed E-state index contributed by atoms with van der Waals surface area (Å²) in [6.07, 6.45) is 0. The van der Waals surface area contributed by atoms with Gasteiger partial charge < -0.3 is 15.4 Å². The largest absolute Gasteiger partial charge is 0.489 e. The number of nitro groups is 1. The molecule has 0 aromatic heterocycles. The van der Waals surface area contributed by atoms with Gasteiger partial charge in [0.25, 0.3) is 5.69 Å². The maximum absolute atomic E-state index is 12.4. The molecule has 1 amide bonds. The molecule has 0 saturated heterocycles. The molecule has 0 saturated carbocycles. The molecule has 0 unspecified atom stereocenters. The first kappa shape index (κ1) is 19.9. The Morgan fingerprint density at radius 1 is 1.00 bits per heavy atom. The molecule has 0 radical (unpaired) electrons. The van der Waals surface area contributed by atoms with Crippen molar-refractivity contribution in [2.45, 2.75) is 19.6 Å². The Bertz CT molecular complexity index is 975. The zero-order valence-corrected chi connectivity index (χ0v) is 15.9. The Morgan fingerprint density at radius 3 is 2.34 bits per heavy atom. The molecule has 2 N–H and O–H groups in total. The molecule has 148 valence electrons. The average molecular weight is 391 g/mol. The minimum Gasteiger partial charge on any atom is -0.489 e. The monoisotopic (exact) mass is 391 g/mol. The second kappa shape index (κ2) is 9.36. The highest BCUT2D eigenvalue weighted by atomic mass is 16.6. The number of hydrogen-bond donors (Lipinski definition) is 2. The van der Waals surface area contributed by atoms with Crippen molar-refractivity contribution in [1.82, 2.24) is 0 Å². The first-order valence-electron chi connectivity index (χ1n) is 9.10. The van der Waals surface area contributed by atoms with Crippen LogP contribution in [0.5, 0.6) is 5.75 Å². The van der Waals surface area contributed by atoms with Crippen molar-refractivity contribution in [3.05, 3.63) is 94.5 Å². The van der Waals surface area contributed by atoms with E-state index < -0.39 is 11.0 Å². The highest BCUT2D eigenvalue weighted by Gasteiger charge is 2.18. The molecule has 3 aromatic rings. The van der Waals surface area contributed by atoms with Crippen LogP contribution >= 0.6 is 0 Å². The lowest BCUT2D eigenvalue weighted by Crippen LogP contribution is -2.32. The molecule has 7 heteroatoms. The molecule has 29 heavy (non-hydrogen) atoms. The van der Waals surface area contributed by atoms with Gasteiger partial charge in [0.15, 0.2) is 0 Å². The maximum atomic E-state index is 12.4. The summed E-state index contributed by atoms with van der Waals surface area (Å²) in [5.41, 5.74) is 1.84. The first-order chi connectivity index (χ1) is 14.0. The Morgan fingerprint density at radius 2 is 1.66 bits per heavy atom. The number of para-hydroxylation sites is 2. The van der Waals surface area contributed by atoms with Gasteiger partial charge >= 0.3 is 0 Å². The van der Waals surface area contributed by atoms with Crippen molar-refractivity contribution >= 4 is 23.0 Å². The van der Waals surface area contributed by atoms with Crippen molar-refractivity contribution in [1.29, 1.82) is 0 Å². The molecule has 3 aromatic carbocycles. The van der Waals surface area contributed by atoms with E-state index in [0.29, 0.717) is 6.61 Å². The number of benzene rings is 3. The molecule has 0 heterocycles. The molecular weight excluding hydrogens is 370 g/mol. The van der Waals surface area contributed by atoms with Crippen LogP contribution in [0.15, 0.2) is 78.9 Å². The van der Waals surface area contributed by atoms with E-state index in [4.69, 9.17) is 4.74 Å². The van der Waals surface area contributed by atoms with Gasteiger partial charge in [-0.3, -0.25) is 14.9 Å². The molecule has 0 aliphatic rings. The van der Waals surface area contributed by atoms with E-state index in [-0.39, 0.29) is 17.3 Å². The van der Waals surface area contributed by atoms with Crippen molar-refractivity contribution in [3.8, 4) is 5.75 Å². The van der Waals surface area contributed by atoms with E-state index in [1.807, 2.05) is 54.6 Å². The highest BCUT2D eigenvalue weighted by molar-refractivity contribution is 5.97. The number of nitro benzene ring substituents is 1. The zero-order valence-electron chi connectivity index (χ0n) is 15.9. The smallest absolute Gasteiger partial charge is 0.292 e. The Labute approximate surface area is 168 Å². The highest BCUT2D eigenvalue weighted by Crippen LogP contribution is 2.24. The van der Waals surface area contributed by atoms with Gasteiger partial charge in [-0.1, -0.05) is 42.5 Å². The molecular formula is C22H21N3O4. The number of rotatable bonds is 8. The predicted octanol–water partition coefficient (Wildman–Crippen LogP) is 4.61. The van der Waals surface area contributed by atoms with Gasteiger partial charge in [-0.2, -0.15) is 0 Å². The van der Waals surface area contributed by atoms with Gasteiger partial charge in [0, 0.05) is 11.8 Å². The number of carbonyl (C=O) groups is 1. The lowest BCUT2D eigenvalue weighted by molar-refractivity contribution is -0.383.